The van der Waals surface area contributed by atoms with Crippen LogP contribution in [0.25, 0.3) is 0 Å². The summed E-state index contributed by atoms with van der Waals surface area (Å²) in [5.74, 6) is 0.124. The summed E-state index contributed by atoms with van der Waals surface area (Å²) in [6.07, 6.45) is 4.54. The van der Waals surface area contributed by atoms with E-state index in [2.05, 4.69) is 15.2 Å². The number of carbonyl (C=O) groups is 1. The molecule has 1 amide bonds. The zero-order chi connectivity index (χ0) is 13.9. The fourth-order valence-electron chi connectivity index (χ4n) is 3.13. The Balaban J connectivity index is 1.63. The minimum absolute atomic E-state index is 0.124. The Bertz CT molecular complexity index is 485. The van der Waals surface area contributed by atoms with Crippen molar-refractivity contribution in [2.45, 2.75) is 19.4 Å². The zero-order valence-electron chi connectivity index (χ0n) is 12.0. The molecule has 0 radical (unpaired) electrons. The number of nitrogens with zero attached hydrogens (tertiary/aromatic N) is 3. The third-order valence-electron chi connectivity index (χ3n) is 4.24. The van der Waals surface area contributed by atoms with Crippen LogP contribution in [-0.2, 0) is 0 Å². The first-order valence-electron chi connectivity index (χ1n) is 7.40. The van der Waals surface area contributed by atoms with Crippen LogP contribution in [0.3, 0.4) is 0 Å². The Hall–Kier alpha value is -1.46. The molecule has 1 aromatic heterocycles. The monoisotopic (exact) mass is 274 g/mol. The van der Waals surface area contributed by atoms with Gasteiger partial charge in [-0.2, -0.15) is 0 Å². The molecular formula is C15H22N4O. The maximum absolute atomic E-state index is 12.5. The van der Waals surface area contributed by atoms with Crippen molar-refractivity contribution in [2.75, 3.05) is 39.3 Å². The first-order valence-corrected chi connectivity index (χ1v) is 7.40. The molecule has 2 fully saturated rings. The zero-order valence-corrected chi connectivity index (χ0v) is 12.0. The summed E-state index contributed by atoms with van der Waals surface area (Å²) in [6.45, 7) is 8.00. The highest BCUT2D eigenvalue weighted by molar-refractivity contribution is 5.94. The van der Waals surface area contributed by atoms with Crippen molar-refractivity contribution >= 4 is 5.91 Å². The van der Waals surface area contributed by atoms with Gasteiger partial charge in [-0.15, -0.1) is 0 Å². The minimum atomic E-state index is 0.124. The fraction of sp³-hybridized carbons (Fsp3) is 0.600. The Morgan fingerprint density at radius 2 is 2.10 bits per heavy atom. The van der Waals surface area contributed by atoms with Gasteiger partial charge in [-0.3, -0.25) is 14.7 Å². The Labute approximate surface area is 120 Å². The molecule has 0 saturated carbocycles. The van der Waals surface area contributed by atoms with Crippen LogP contribution >= 0.6 is 0 Å². The molecule has 2 aliphatic heterocycles. The van der Waals surface area contributed by atoms with E-state index in [0.29, 0.717) is 11.6 Å². The van der Waals surface area contributed by atoms with Crippen LogP contribution < -0.4 is 5.32 Å². The van der Waals surface area contributed by atoms with Gasteiger partial charge in [-0.1, -0.05) is 0 Å². The van der Waals surface area contributed by atoms with E-state index >= 15 is 0 Å². The number of likely N-dealkylation sites (tertiary alicyclic amines) is 1. The molecular weight excluding hydrogens is 252 g/mol. The second-order valence-corrected chi connectivity index (χ2v) is 5.73. The van der Waals surface area contributed by atoms with E-state index in [4.69, 9.17) is 0 Å². The van der Waals surface area contributed by atoms with Crippen LogP contribution in [0.15, 0.2) is 18.5 Å². The van der Waals surface area contributed by atoms with E-state index in [-0.39, 0.29) is 5.91 Å². The van der Waals surface area contributed by atoms with E-state index in [9.17, 15) is 4.79 Å². The lowest BCUT2D eigenvalue weighted by atomic mass is 10.2. The first-order chi connectivity index (χ1) is 9.74. The molecule has 0 aromatic carbocycles. The van der Waals surface area contributed by atoms with E-state index in [1.807, 2.05) is 17.9 Å². The van der Waals surface area contributed by atoms with E-state index in [0.717, 1.165) is 51.3 Å². The molecule has 1 aromatic rings. The number of rotatable bonds is 2. The van der Waals surface area contributed by atoms with Crippen molar-refractivity contribution < 1.29 is 4.79 Å². The Kier molecular flexibility index (Phi) is 3.98. The van der Waals surface area contributed by atoms with Gasteiger partial charge in [0, 0.05) is 57.7 Å². The second kappa shape index (κ2) is 5.89. The smallest absolute Gasteiger partial charge is 0.255 e. The first kappa shape index (κ1) is 13.5. The summed E-state index contributed by atoms with van der Waals surface area (Å²) >= 11 is 0. The van der Waals surface area contributed by atoms with Gasteiger partial charge in [0.15, 0.2) is 0 Å². The van der Waals surface area contributed by atoms with Gasteiger partial charge in [-0.25, -0.2) is 0 Å². The summed E-state index contributed by atoms with van der Waals surface area (Å²) in [6, 6.07) is 2.45. The second-order valence-electron chi connectivity index (χ2n) is 5.73. The lowest BCUT2D eigenvalue weighted by molar-refractivity contribution is 0.0773. The summed E-state index contributed by atoms with van der Waals surface area (Å²) in [7, 11) is 0. The van der Waals surface area contributed by atoms with Crippen molar-refractivity contribution in [3.63, 3.8) is 0 Å². The van der Waals surface area contributed by atoms with Gasteiger partial charge in [-0.05, 0) is 25.0 Å². The molecule has 2 saturated heterocycles. The molecule has 1 unspecified atom stereocenters. The normalized spacial score (nSPS) is 24.1. The van der Waals surface area contributed by atoms with Crippen LogP contribution in [0.4, 0.5) is 0 Å². The summed E-state index contributed by atoms with van der Waals surface area (Å²) < 4.78 is 0. The van der Waals surface area contributed by atoms with Crippen LogP contribution in [-0.4, -0.2) is 66.0 Å². The molecule has 108 valence electrons. The van der Waals surface area contributed by atoms with Gasteiger partial charge in [0.25, 0.3) is 5.91 Å². The topological polar surface area (TPSA) is 48.5 Å². The number of amides is 1. The highest BCUT2D eigenvalue weighted by atomic mass is 16.2. The number of hydrogen-bond acceptors (Lipinski definition) is 4. The SMILES string of the molecule is Cc1cncc(C(=O)N2CCC(N3CCNCC3)C2)c1. The van der Waals surface area contributed by atoms with E-state index < -0.39 is 0 Å². The summed E-state index contributed by atoms with van der Waals surface area (Å²) in [5.41, 5.74) is 1.75. The fourth-order valence-corrected chi connectivity index (χ4v) is 3.13. The molecule has 20 heavy (non-hydrogen) atoms. The third kappa shape index (κ3) is 2.83. The largest absolute Gasteiger partial charge is 0.337 e. The van der Waals surface area contributed by atoms with Gasteiger partial charge < -0.3 is 10.2 Å². The lowest BCUT2D eigenvalue weighted by Crippen LogP contribution is -2.49. The molecule has 3 heterocycles. The number of pyridine rings is 1. The van der Waals surface area contributed by atoms with Gasteiger partial charge in [0.05, 0.1) is 5.56 Å². The molecule has 3 rings (SSSR count). The molecule has 5 heteroatoms. The molecule has 5 nitrogen and oxygen atoms in total. The predicted molar refractivity (Wildman–Crippen MR) is 77.7 cm³/mol. The molecule has 2 aliphatic rings. The van der Waals surface area contributed by atoms with Crippen LogP contribution in [0.2, 0.25) is 0 Å². The number of carbonyl (C=O) groups excluding carboxylic acids is 1. The molecule has 0 bridgehead atoms. The highest BCUT2D eigenvalue weighted by Crippen LogP contribution is 2.18. The predicted octanol–water partition coefficient (Wildman–Crippen LogP) is 0.510. The van der Waals surface area contributed by atoms with Crippen LogP contribution in [0.1, 0.15) is 22.3 Å². The third-order valence-corrected chi connectivity index (χ3v) is 4.24. The molecule has 1 N–H and O–H groups in total. The van der Waals surface area contributed by atoms with Crippen molar-refractivity contribution in [3.8, 4) is 0 Å². The number of hydrogen-bond donors (Lipinski definition) is 1. The van der Waals surface area contributed by atoms with E-state index in [1.165, 1.54) is 0 Å². The van der Waals surface area contributed by atoms with E-state index in [1.54, 1.807) is 12.4 Å². The average molecular weight is 274 g/mol. The quantitative estimate of drug-likeness (QED) is 0.854. The summed E-state index contributed by atoms with van der Waals surface area (Å²) in [4.78, 5) is 21.1. The van der Waals surface area contributed by atoms with Crippen LogP contribution in [0, 0.1) is 6.92 Å². The maximum atomic E-state index is 12.5. The number of piperazine rings is 1. The lowest BCUT2D eigenvalue weighted by Gasteiger charge is -2.32. The number of aromatic nitrogens is 1. The van der Waals surface area contributed by atoms with Crippen molar-refractivity contribution in [2.24, 2.45) is 0 Å². The average Bonchev–Trinajstić information content (AvgIpc) is 2.97. The van der Waals surface area contributed by atoms with Gasteiger partial charge in [0.1, 0.15) is 0 Å². The maximum Gasteiger partial charge on any atom is 0.255 e. The Morgan fingerprint density at radius 1 is 1.30 bits per heavy atom. The van der Waals surface area contributed by atoms with Crippen molar-refractivity contribution in [1.82, 2.24) is 20.1 Å². The Morgan fingerprint density at radius 3 is 2.85 bits per heavy atom. The molecule has 1 atom stereocenters. The highest BCUT2D eigenvalue weighted by Gasteiger charge is 2.31. The standard InChI is InChI=1S/C15H22N4O/c1-12-8-13(10-17-9-12)15(20)19-5-2-14(11-19)18-6-3-16-4-7-18/h8-10,14,16H,2-7,11H2,1H3. The van der Waals surface area contributed by atoms with Crippen molar-refractivity contribution in [3.05, 3.63) is 29.6 Å². The molecule has 0 aliphatic carbocycles. The number of nitrogens with one attached hydrogen (secondary N) is 1. The minimum Gasteiger partial charge on any atom is -0.337 e. The van der Waals surface area contributed by atoms with Crippen LogP contribution in [0.5, 0.6) is 0 Å². The summed E-state index contributed by atoms with van der Waals surface area (Å²) in [5, 5.41) is 3.37. The number of aryl methyl sites for hydroxylation is 1. The van der Waals surface area contributed by atoms with Crippen molar-refractivity contribution in [1.29, 1.82) is 0 Å². The molecule has 0 spiro atoms. The van der Waals surface area contributed by atoms with Gasteiger partial charge >= 0.3 is 0 Å². The van der Waals surface area contributed by atoms with Gasteiger partial charge in [0.2, 0.25) is 0 Å².